The first-order valence-electron chi connectivity index (χ1n) is 7.13. The largest absolute Gasteiger partial charge is 0.489 e. The van der Waals surface area contributed by atoms with Crippen LogP contribution in [0.2, 0.25) is 0 Å². The Bertz CT molecular complexity index is 714. The summed E-state index contributed by atoms with van der Waals surface area (Å²) in [6.07, 6.45) is 1.93. The Morgan fingerprint density at radius 3 is 2.52 bits per heavy atom. The summed E-state index contributed by atoms with van der Waals surface area (Å²) in [6.45, 7) is 2.47. The van der Waals surface area contributed by atoms with Gasteiger partial charge in [0.2, 0.25) is 0 Å². The lowest BCUT2D eigenvalue weighted by molar-refractivity contribution is 0.214. The van der Waals surface area contributed by atoms with Crippen LogP contribution in [0, 0.1) is 6.92 Å². The van der Waals surface area contributed by atoms with Gasteiger partial charge in [-0.1, -0.05) is 59.8 Å². The first-order chi connectivity index (χ1) is 11.2. The van der Waals surface area contributed by atoms with Crippen molar-refractivity contribution >= 4 is 33.9 Å². The second-order valence-corrected chi connectivity index (χ2v) is 6.31. The molecule has 2 rings (SSSR count). The molecule has 0 aromatic heterocycles. The second kappa shape index (κ2) is 8.70. The van der Waals surface area contributed by atoms with Crippen LogP contribution in [0.1, 0.15) is 16.7 Å². The van der Waals surface area contributed by atoms with Crippen molar-refractivity contribution in [1.82, 2.24) is 0 Å². The maximum absolute atomic E-state index is 5.96. The molecular formula is C18H19NO2S2. The minimum absolute atomic E-state index is 0.445. The molecule has 0 saturated heterocycles. The summed E-state index contributed by atoms with van der Waals surface area (Å²) in [6, 6.07) is 15.9. The zero-order valence-electron chi connectivity index (χ0n) is 13.4. The van der Waals surface area contributed by atoms with Gasteiger partial charge < -0.3 is 9.57 Å². The normalized spacial score (nSPS) is 11.2. The van der Waals surface area contributed by atoms with Crippen molar-refractivity contribution in [3.8, 4) is 5.75 Å². The van der Waals surface area contributed by atoms with Crippen molar-refractivity contribution in [1.29, 1.82) is 0 Å². The molecule has 0 spiro atoms. The van der Waals surface area contributed by atoms with E-state index in [-0.39, 0.29) is 0 Å². The third kappa shape index (κ3) is 4.56. The third-order valence-electron chi connectivity index (χ3n) is 3.31. The number of thiocarbonyl (C=S) groups is 1. The highest BCUT2D eigenvalue weighted by Crippen LogP contribution is 2.21. The van der Waals surface area contributed by atoms with Gasteiger partial charge in [-0.3, -0.25) is 0 Å². The molecule has 0 aliphatic rings. The maximum atomic E-state index is 5.96. The molecular weight excluding hydrogens is 326 g/mol. The number of hydrogen-bond acceptors (Lipinski definition) is 5. The molecule has 0 radical (unpaired) electrons. The molecule has 0 N–H and O–H groups in total. The van der Waals surface area contributed by atoms with Gasteiger partial charge in [0, 0.05) is 5.56 Å². The van der Waals surface area contributed by atoms with Gasteiger partial charge in [0.15, 0.2) is 0 Å². The van der Waals surface area contributed by atoms with Crippen LogP contribution in [-0.4, -0.2) is 23.3 Å². The van der Waals surface area contributed by atoms with E-state index in [1.165, 1.54) is 18.9 Å². The fourth-order valence-electron chi connectivity index (χ4n) is 2.14. The van der Waals surface area contributed by atoms with Crippen LogP contribution in [-0.2, 0) is 11.4 Å². The first-order valence-corrected chi connectivity index (χ1v) is 8.76. The fraction of sp³-hybridized carbons (Fsp3) is 0.222. The highest BCUT2D eigenvalue weighted by molar-refractivity contribution is 8.24. The molecule has 5 heteroatoms. The van der Waals surface area contributed by atoms with Gasteiger partial charge in [-0.25, -0.2) is 0 Å². The van der Waals surface area contributed by atoms with Crippen molar-refractivity contribution in [2.24, 2.45) is 5.16 Å². The monoisotopic (exact) mass is 345 g/mol. The van der Waals surface area contributed by atoms with E-state index in [0.29, 0.717) is 16.5 Å². The number of hydrogen-bond donors (Lipinski definition) is 0. The Kier molecular flexibility index (Phi) is 6.62. The first kappa shape index (κ1) is 17.5. The molecule has 0 heterocycles. The van der Waals surface area contributed by atoms with Crippen LogP contribution >= 0.6 is 24.0 Å². The van der Waals surface area contributed by atoms with E-state index in [1.807, 2.05) is 61.7 Å². The van der Waals surface area contributed by atoms with Gasteiger partial charge in [-0.05, 0) is 30.4 Å². The second-order valence-electron chi connectivity index (χ2n) is 4.83. The molecule has 0 atom stereocenters. The lowest BCUT2D eigenvalue weighted by Crippen LogP contribution is -2.14. The SMILES string of the molecule is CON=C(C(=S)SC)c1ccccc1COc1ccccc1C. The predicted molar refractivity (Wildman–Crippen MR) is 102 cm³/mol. The summed E-state index contributed by atoms with van der Waals surface area (Å²) in [4.78, 5) is 4.96. The van der Waals surface area contributed by atoms with Crippen LogP contribution in [0.5, 0.6) is 5.75 Å². The zero-order valence-corrected chi connectivity index (χ0v) is 15.0. The summed E-state index contributed by atoms with van der Waals surface area (Å²) in [7, 11) is 1.52. The molecule has 0 fully saturated rings. The molecule has 0 unspecified atom stereocenters. The van der Waals surface area contributed by atoms with Crippen molar-refractivity contribution in [3.63, 3.8) is 0 Å². The van der Waals surface area contributed by atoms with Gasteiger partial charge >= 0.3 is 0 Å². The number of para-hydroxylation sites is 1. The van der Waals surface area contributed by atoms with Crippen LogP contribution in [0.4, 0.5) is 0 Å². The van der Waals surface area contributed by atoms with Crippen molar-refractivity contribution in [2.45, 2.75) is 13.5 Å². The van der Waals surface area contributed by atoms with E-state index >= 15 is 0 Å². The zero-order chi connectivity index (χ0) is 16.7. The minimum Gasteiger partial charge on any atom is -0.489 e. The maximum Gasteiger partial charge on any atom is 0.134 e. The number of nitrogens with zero attached hydrogens (tertiary/aromatic N) is 1. The Hall–Kier alpha value is -1.85. The van der Waals surface area contributed by atoms with Crippen LogP contribution < -0.4 is 4.74 Å². The number of benzene rings is 2. The quantitative estimate of drug-likeness (QED) is 0.434. The molecule has 0 aliphatic heterocycles. The number of oxime groups is 1. The van der Waals surface area contributed by atoms with Gasteiger partial charge in [0.1, 0.15) is 29.4 Å². The predicted octanol–water partition coefficient (Wildman–Crippen LogP) is 4.61. The van der Waals surface area contributed by atoms with Gasteiger partial charge in [0.05, 0.1) is 0 Å². The van der Waals surface area contributed by atoms with Crippen LogP contribution in [0.3, 0.4) is 0 Å². The molecule has 120 valence electrons. The Balaban J connectivity index is 2.28. The van der Waals surface area contributed by atoms with E-state index in [1.54, 1.807) is 0 Å². The molecule has 0 aliphatic carbocycles. The van der Waals surface area contributed by atoms with E-state index < -0.39 is 0 Å². The Morgan fingerprint density at radius 2 is 1.83 bits per heavy atom. The van der Waals surface area contributed by atoms with E-state index in [0.717, 1.165) is 22.4 Å². The number of ether oxygens (including phenoxy) is 1. The summed E-state index contributed by atoms with van der Waals surface area (Å²) in [5, 5.41) is 4.10. The van der Waals surface area contributed by atoms with E-state index in [2.05, 4.69) is 5.16 Å². The average Bonchev–Trinajstić information content (AvgIpc) is 2.59. The number of thioether (sulfide) groups is 1. The molecule has 2 aromatic rings. The molecule has 0 amide bonds. The lowest BCUT2D eigenvalue weighted by atomic mass is 10.0. The molecule has 23 heavy (non-hydrogen) atoms. The highest BCUT2D eigenvalue weighted by atomic mass is 32.2. The Morgan fingerprint density at radius 1 is 1.13 bits per heavy atom. The van der Waals surface area contributed by atoms with Crippen molar-refractivity contribution in [2.75, 3.05) is 13.4 Å². The fourth-order valence-corrected chi connectivity index (χ4v) is 2.62. The average molecular weight is 345 g/mol. The lowest BCUT2D eigenvalue weighted by Gasteiger charge is -2.13. The summed E-state index contributed by atoms with van der Waals surface area (Å²) in [5.74, 6) is 0.875. The highest BCUT2D eigenvalue weighted by Gasteiger charge is 2.15. The molecule has 0 saturated carbocycles. The Labute approximate surface area is 146 Å². The van der Waals surface area contributed by atoms with Crippen LogP contribution in [0.15, 0.2) is 53.7 Å². The van der Waals surface area contributed by atoms with E-state index in [9.17, 15) is 0 Å². The van der Waals surface area contributed by atoms with Crippen molar-refractivity contribution < 1.29 is 9.57 Å². The molecule has 0 bridgehead atoms. The minimum atomic E-state index is 0.445. The molecule has 3 nitrogen and oxygen atoms in total. The van der Waals surface area contributed by atoms with Gasteiger partial charge in [0.25, 0.3) is 0 Å². The van der Waals surface area contributed by atoms with Gasteiger partial charge in [-0.2, -0.15) is 0 Å². The number of rotatable bonds is 6. The standard InChI is InChI=1S/C18H19NO2S2/c1-13-8-4-7-11-16(13)21-12-14-9-5-6-10-15(14)17(19-20-2)18(22)23-3/h4-11H,12H2,1-3H3. The van der Waals surface area contributed by atoms with Crippen molar-refractivity contribution in [3.05, 3.63) is 65.2 Å². The summed E-state index contributed by atoms with van der Waals surface area (Å²) >= 11 is 6.87. The smallest absolute Gasteiger partial charge is 0.134 e. The number of aryl methyl sites for hydroxylation is 1. The van der Waals surface area contributed by atoms with Crippen LogP contribution in [0.25, 0.3) is 0 Å². The molecule has 2 aromatic carbocycles. The topological polar surface area (TPSA) is 30.8 Å². The third-order valence-corrected chi connectivity index (χ3v) is 4.57. The van der Waals surface area contributed by atoms with Gasteiger partial charge in [-0.15, -0.1) is 11.8 Å². The summed E-state index contributed by atoms with van der Waals surface area (Å²) in [5.41, 5.74) is 3.72. The van der Waals surface area contributed by atoms with E-state index in [4.69, 9.17) is 21.8 Å². The summed E-state index contributed by atoms with van der Waals surface area (Å²) < 4.78 is 6.65.